The highest BCUT2D eigenvalue weighted by molar-refractivity contribution is 6.03. The molecule has 5 rings (SSSR count). The van der Waals surface area contributed by atoms with E-state index >= 15 is 0 Å². The van der Waals surface area contributed by atoms with Crippen molar-refractivity contribution in [3.8, 4) is 22.9 Å². The van der Waals surface area contributed by atoms with E-state index in [0.29, 0.717) is 34.3 Å². The number of hydrogen-bond donors (Lipinski definition) is 1. The Morgan fingerprint density at radius 3 is 2.51 bits per heavy atom. The van der Waals surface area contributed by atoms with Crippen molar-refractivity contribution in [2.24, 2.45) is 0 Å². The first-order chi connectivity index (χ1) is 16.8. The van der Waals surface area contributed by atoms with Crippen LogP contribution in [0.2, 0.25) is 0 Å². The molecule has 0 radical (unpaired) electrons. The lowest BCUT2D eigenvalue weighted by molar-refractivity contribution is -0.117. The van der Waals surface area contributed by atoms with Gasteiger partial charge in [0.25, 0.3) is 0 Å². The number of hydrogen-bond acceptors (Lipinski definition) is 5. The van der Waals surface area contributed by atoms with Crippen molar-refractivity contribution in [3.63, 3.8) is 0 Å². The van der Waals surface area contributed by atoms with Crippen LogP contribution in [-0.2, 0) is 4.79 Å². The third-order valence-corrected chi connectivity index (χ3v) is 6.72. The van der Waals surface area contributed by atoms with E-state index in [4.69, 9.17) is 4.74 Å². The summed E-state index contributed by atoms with van der Waals surface area (Å²) in [5, 5.41) is 24.1. The minimum Gasteiger partial charge on any atom is -0.496 e. The number of nitrogens with zero attached hydrogens (tertiary/aromatic N) is 5. The summed E-state index contributed by atoms with van der Waals surface area (Å²) in [7, 11) is 1.48. The van der Waals surface area contributed by atoms with Crippen molar-refractivity contribution in [2.45, 2.75) is 44.8 Å². The van der Waals surface area contributed by atoms with Crippen LogP contribution in [0.1, 0.15) is 49.9 Å². The van der Waals surface area contributed by atoms with E-state index in [2.05, 4.69) is 11.2 Å². The Labute approximate surface area is 202 Å². The van der Waals surface area contributed by atoms with Crippen molar-refractivity contribution < 1.29 is 19.4 Å². The summed E-state index contributed by atoms with van der Waals surface area (Å²) in [6, 6.07) is 11.6. The van der Waals surface area contributed by atoms with Crippen molar-refractivity contribution in [1.29, 1.82) is 5.26 Å². The van der Waals surface area contributed by atoms with Crippen LogP contribution >= 0.6 is 0 Å². The van der Waals surface area contributed by atoms with Gasteiger partial charge in [0.15, 0.2) is 0 Å². The number of nitriles is 1. The summed E-state index contributed by atoms with van der Waals surface area (Å²) in [6.07, 6.45) is 4.82. The summed E-state index contributed by atoms with van der Waals surface area (Å²) in [6.45, 7) is 3.29. The smallest absolute Gasteiger partial charge is 0.412 e. The molecule has 1 N–H and O–H groups in total. The van der Waals surface area contributed by atoms with Crippen LogP contribution < -0.4 is 14.5 Å². The summed E-state index contributed by atoms with van der Waals surface area (Å²) >= 11 is 0. The number of carbonyl (C=O) groups excluding carboxylic acids is 1. The maximum atomic E-state index is 12.8. The highest BCUT2D eigenvalue weighted by Crippen LogP contribution is 2.48. The largest absolute Gasteiger partial charge is 0.496 e. The Balaban J connectivity index is 1.68. The van der Waals surface area contributed by atoms with Gasteiger partial charge in [-0.15, -0.1) is 0 Å². The lowest BCUT2D eigenvalue weighted by atomic mass is 9.91. The van der Waals surface area contributed by atoms with Gasteiger partial charge in [-0.25, -0.2) is 4.79 Å². The number of fused-ring (bicyclic) bond motifs is 1. The lowest BCUT2D eigenvalue weighted by Crippen LogP contribution is -2.53. The molecule has 178 valence electrons. The first-order valence-electron chi connectivity index (χ1n) is 11.4. The van der Waals surface area contributed by atoms with E-state index in [1.807, 2.05) is 23.9 Å². The van der Waals surface area contributed by atoms with Crippen molar-refractivity contribution in [3.05, 3.63) is 59.9 Å². The van der Waals surface area contributed by atoms with Gasteiger partial charge in [0.1, 0.15) is 5.75 Å². The highest BCUT2D eigenvalue weighted by atomic mass is 16.5. The summed E-state index contributed by atoms with van der Waals surface area (Å²) in [4.78, 5) is 28.4. The number of amides is 2. The Morgan fingerprint density at radius 1 is 1.11 bits per heavy atom. The molecule has 2 amide bonds. The average molecular weight is 472 g/mol. The zero-order valence-corrected chi connectivity index (χ0v) is 19.7. The monoisotopic (exact) mass is 471 g/mol. The third-order valence-electron chi connectivity index (χ3n) is 6.72. The molecule has 3 aromatic rings. The standard InChI is InChI=1S/C26H25N5O4/c1-15-25(21-8-4-17(12-27)10-24(21)35-3)31(26(33)34)23-11-18(5-9-22(23)30(15)16(2)32)19-13-28-29(14-19)20-6-7-20/h4-5,8-11,13-15,20,25H,6-7H2,1-3H3,(H,33,34)/t15-,25?/m0/s1. The van der Waals surface area contributed by atoms with Crippen molar-refractivity contribution in [1.82, 2.24) is 9.78 Å². The Bertz CT molecular complexity index is 1370. The molecule has 1 aromatic heterocycles. The molecule has 1 aliphatic heterocycles. The average Bonchev–Trinajstić information content (AvgIpc) is 3.58. The van der Waals surface area contributed by atoms with Crippen LogP contribution in [0.15, 0.2) is 48.8 Å². The van der Waals surface area contributed by atoms with Gasteiger partial charge in [0.2, 0.25) is 5.91 Å². The topological polar surface area (TPSA) is 112 Å². The van der Waals surface area contributed by atoms with E-state index in [1.165, 1.54) is 18.9 Å². The fourth-order valence-electron chi connectivity index (χ4n) is 4.95. The zero-order chi connectivity index (χ0) is 24.9. The number of methoxy groups -OCH3 is 1. The number of anilines is 2. The molecule has 9 heteroatoms. The zero-order valence-electron chi connectivity index (χ0n) is 19.7. The van der Waals surface area contributed by atoms with Gasteiger partial charge in [-0.05, 0) is 49.6 Å². The molecular formula is C26H25N5O4. The highest BCUT2D eigenvalue weighted by Gasteiger charge is 2.43. The number of carbonyl (C=O) groups is 2. The molecule has 1 saturated carbocycles. The van der Waals surface area contributed by atoms with Gasteiger partial charge >= 0.3 is 6.09 Å². The van der Waals surface area contributed by atoms with Crippen molar-refractivity contribution >= 4 is 23.4 Å². The molecule has 0 saturated heterocycles. The van der Waals surface area contributed by atoms with Crippen LogP contribution in [0.3, 0.4) is 0 Å². The van der Waals surface area contributed by atoms with E-state index in [9.17, 15) is 20.0 Å². The fourth-order valence-corrected chi connectivity index (χ4v) is 4.95. The predicted molar refractivity (Wildman–Crippen MR) is 130 cm³/mol. The molecule has 2 aromatic carbocycles. The molecule has 1 fully saturated rings. The molecule has 35 heavy (non-hydrogen) atoms. The first-order valence-corrected chi connectivity index (χ1v) is 11.4. The second-order valence-corrected chi connectivity index (χ2v) is 8.94. The summed E-state index contributed by atoms with van der Waals surface area (Å²) in [5.41, 5.74) is 3.59. The molecule has 0 bridgehead atoms. The van der Waals surface area contributed by atoms with Crippen LogP contribution in [0, 0.1) is 11.3 Å². The lowest BCUT2D eigenvalue weighted by Gasteiger charge is -2.46. The second kappa shape index (κ2) is 8.47. The first kappa shape index (κ1) is 22.5. The van der Waals surface area contributed by atoms with Gasteiger partial charge in [-0.3, -0.25) is 14.4 Å². The minimum absolute atomic E-state index is 0.198. The minimum atomic E-state index is -1.15. The summed E-state index contributed by atoms with van der Waals surface area (Å²) in [5.74, 6) is 0.191. The van der Waals surface area contributed by atoms with Crippen molar-refractivity contribution in [2.75, 3.05) is 16.9 Å². The maximum Gasteiger partial charge on any atom is 0.412 e. The van der Waals surface area contributed by atoms with E-state index < -0.39 is 18.2 Å². The van der Waals surface area contributed by atoms with Crippen LogP contribution in [0.5, 0.6) is 5.75 Å². The quantitative estimate of drug-likeness (QED) is 0.588. The molecule has 2 heterocycles. The van der Waals surface area contributed by atoms with Crippen LogP contribution in [0.25, 0.3) is 11.1 Å². The van der Waals surface area contributed by atoms with Crippen LogP contribution in [0.4, 0.5) is 16.2 Å². The van der Waals surface area contributed by atoms with Gasteiger partial charge in [0, 0.05) is 24.2 Å². The number of carboxylic acid groups (broad SMARTS) is 1. The normalized spacial score (nSPS) is 19.1. The molecule has 2 atom stereocenters. The maximum absolute atomic E-state index is 12.8. The molecule has 9 nitrogen and oxygen atoms in total. The predicted octanol–water partition coefficient (Wildman–Crippen LogP) is 4.75. The van der Waals surface area contributed by atoms with Crippen LogP contribution in [-0.4, -0.2) is 40.0 Å². The Hall–Kier alpha value is -4.32. The summed E-state index contributed by atoms with van der Waals surface area (Å²) < 4.78 is 7.48. The van der Waals surface area contributed by atoms with Gasteiger partial charge in [-0.2, -0.15) is 10.4 Å². The van der Waals surface area contributed by atoms with E-state index in [1.54, 1.807) is 41.4 Å². The second-order valence-electron chi connectivity index (χ2n) is 8.94. The van der Waals surface area contributed by atoms with Gasteiger partial charge in [-0.1, -0.05) is 12.1 Å². The number of ether oxygens (including phenoxy) is 1. The number of benzene rings is 2. The Kier molecular flexibility index (Phi) is 5.44. The van der Waals surface area contributed by atoms with Gasteiger partial charge in [0.05, 0.1) is 54.4 Å². The van der Waals surface area contributed by atoms with E-state index in [-0.39, 0.29) is 5.91 Å². The van der Waals surface area contributed by atoms with Gasteiger partial charge < -0.3 is 14.7 Å². The SMILES string of the molecule is COc1cc(C#N)ccc1C1[C@H](C)N(C(C)=O)c2ccc(-c3cnn(C4CC4)c3)cc2N1C(=O)O. The molecule has 1 aliphatic carbocycles. The fraction of sp³-hybridized carbons (Fsp3) is 0.308. The van der Waals surface area contributed by atoms with E-state index in [0.717, 1.165) is 24.0 Å². The third kappa shape index (κ3) is 3.77. The molecule has 2 aliphatic rings. The number of rotatable bonds is 4. The molecule has 0 spiro atoms. The number of aromatic nitrogens is 2. The molecule has 1 unspecified atom stereocenters. The molecular weight excluding hydrogens is 446 g/mol. The Morgan fingerprint density at radius 2 is 1.89 bits per heavy atom.